The van der Waals surface area contributed by atoms with Crippen LogP contribution in [-0.4, -0.2) is 26.3 Å². The van der Waals surface area contributed by atoms with Crippen molar-refractivity contribution in [3.05, 3.63) is 70.5 Å². The van der Waals surface area contributed by atoms with Crippen LogP contribution in [0.2, 0.25) is 5.02 Å². The Morgan fingerprint density at radius 1 is 1.14 bits per heavy atom. The summed E-state index contributed by atoms with van der Waals surface area (Å²) in [4.78, 5) is 15.9. The Bertz CT molecular complexity index is 1220. The zero-order chi connectivity index (χ0) is 19.8. The van der Waals surface area contributed by atoms with Crippen molar-refractivity contribution in [2.45, 2.75) is 13.3 Å². The Morgan fingerprint density at radius 2 is 1.93 bits per heavy atom. The Labute approximate surface area is 164 Å². The van der Waals surface area contributed by atoms with Crippen LogP contribution in [0.1, 0.15) is 22.8 Å². The number of carbonyl (C=O) groups is 1. The lowest BCUT2D eigenvalue weighted by molar-refractivity contribution is 0.0695. The molecule has 0 fully saturated rings. The maximum absolute atomic E-state index is 13.8. The number of aromatic nitrogens is 3. The third kappa shape index (κ3) is 3.12. The standard InChI is InChI=1S/C21H15ClFN3O2/c1-2-11-9-12(3-5-14(11)21(27)28)18-8-6-15-19(25-26-20(15)24-18)13-4-7-16(22)17(23)10-13/h3-10H,2H2,1H3,(H,27,28)(H,24,25,26). The fraction of sp³-hybridized carbons (Fsp3) is 0.0952. The monoisotopic (exact) mass is 395 g/mol. The number of halogens is 2. The van der Waals surface area contributed by atoms with Crippen molar-refractivity contribution in [2.24, 2.45) is 0 Å². The SMILES string of the molecule is CCc1cc(-c2ccc3c(-c4ccc(Cl)c(F)c4)n[nH]c3n2)ccc1C(=O)O. The molecule has 0 atom stereocenters. The van der Waals surface area contributed by atoms with Crippen molar-refractivity contribution in [3.8, 4) is 22.5 Å². The van der Waals surface area contributed by atoms with Crippen LogP contribution in [0.3, 0.4) is 0 Å². The summed E-state index contributed by atoms with van der Waals surface area (Å²) >= 11 is 5.75. The molecule has 0 unspecified atom stereocenters. The molecule has 2 aromatic heterocycles. The van der Waals surface area contributed by atoms with Gasteiger partial charge in [-0.25, -0.2) is 14.2 Å². The highest BCUT2D eigenvalue weighted by Gasteiger charge is 2.14. The van der Waals surface area contributed by atoms with Gasteiger partial charge in [0.25, 0.3) is 0 Å². The number of hydrogen-bond donors (Lipinski definition) is 2. The zero-order valence-corrected chi connectivity index (χ0v) is 15.6. The van der Waals surface area contributed by atoms with Gasteiger partial charge in [0.05, 0.1) is 16.3 Å². The van der Waals surface area contributed by atoms with E-state index in [1.807, 2.05) is 25.1 Å². The molecule has 5 nitrogen and oxygen atoms in total. The van der Waals surface area contributed by atoms with Crippen LogP contribution in [0.15, 0.2) is 48.5 Å². The number of carboxylic acid groups (broad SMARTS) is 1. The van der Waals surface area contributed by atoms with Gasteiger partial charge in [-0.3, -0.25) is 5.10 Å². The summed E-state index contributed by atoms with van der Waals surface area (Å²) in [5.41, 5.74) is 4.29. The summed E-state index contributed by atoms with van der Waals surface area (Å²) in [6.07, 6.45) is 0.605. The van der Waals surface area contributed by atoms with Crippen LogP contribution >= 0.6 is 11.6 Å². The molecule has 0 amide bonds. The number of aromatic amines is 1. The molecule has 0 radical (unpaired) electrons. The first kappa shape index (κ1) is 18.1. The summed E-state index contributed by atoms with van der Waals surface area (Å²) in [6, 6.07) is 13.4. The van der Waals surface area contributed by atoms with Crippen LogP contribution < -0.4 is 0 Å². The molecule has 0 aliphatic heterocycles. The van der Waals surface area contributed by atoms with Gasteiger partial charge in [0.2, 0.25) is 0 Å². The highest BCUT2D eigenvalue weighted by atomic mass is 35.5. The zero-order valence-electron chi connectivity index (χ0n) is 14.8. The van der Waals surface area contributed by atoms with E-state index in [2.05, 4.69) is 15.2 Å². The van der Waals surface area contributed by atoms with Crippen LogP contribution in [0.4, 0.5) is 4.39 Å². The minimum absolute atomic E-state index is 0.0561. The topological polar surface area (TPSA) is 78.9 Å². The quantitative estimate of drug-likeness (QED) is 0.488. The number of nitrogens with one attached hydrogen (secondary N) is 1. The van der Waals surface area contributed by atoms with E-state index in [-0.39, 0.29) is 5.02 Å². The van der Waals surface area contributed by atoms with Crippen molar-refractivity contribution in [3.63, 3.8) is 0 Å². The Hall–Kier alpha value is -3.25. The van der Waals surface area contributed by atoms with Crippen LogP contribution in [-0.2, 0) is 6.42 Å². The van der Waals surface area contributed by atoms with Crippen LogP contribution in [0.25, 0.3) is 33.5 Å². The summed E-state index contributed by atoms with van der Waals surface area (Å²) in [5, 5.41) is 17.2. The number of nitrogens with zero attached hydrogens (tertiary/aromatic N) is 2. The van der Waals surface area contributed by atoms with Crippen LogP contribution in [0.5, 0.6) is 0 Å². The second kappa shape index (κ2) is 7.05. The fourth-order valence-corrected chi connectivity index (χ4v) is 3.30. The van der Waals surface area contributed by atoms with Gasteiger partial charge in [0.15, 0.2) is 5.65 Å². The number of aromatic carboxylic acids is 1. The molecule has 7 heteroatoms. The summed E-state index contributed by atoms with van der Waals surface area (Å²) in [6.45, 7) is 1.91. The molecule has 2 N–H and O–H groups in total. The number of benzene rings is 2. The molecule has 2 heterocycles. The summed E-state index contributed by atoms with van der Waals surface area (Å²) in [5.74, 6) is -1.45. The van der Waals surface area contributed by atoms with Crippen molar-refractivity contribution in [1.82, 2.24) is 15.2 Å². The largest absolute Gasteiger partial charge is 0.478 e. The molecule has 2 aromatic carbocycles. The first-order valence-corrected chi connectivity index (χ1v) is 9.03. The summed E-state index contributed by atoms with van der Waals surface area (Å²) in [7, 11) is 0. The fourth-order valence-electron chi connectivity index (χ4n) is 3.18. The number of hydrogen-bond acceptors (Lipinski definition) is 3. The normalized spacial score (nSPS) is 11.1. The minimum atomic E-state index is -0.944. The molecular weight excluding hydrogens is 381 g/mol. The molecule has 0 bridgehead atoms. The van der Waals surface area contributed by atoms with Gasteiger partial charge in [-0.1, -0.05) is 30.7 Å². The van der Waals surface area contributed by atoms with Crippen molar-refractivity contribution in [2.75, 3.05) is 0 Å². The molecular formula is C21H15ClFN3O2. The average Bonchev–Trinajstić information content (AvgIpc) is 3.12. The van der Waals surface area contributed by atoms with Gasteiger partial charge < -0.3 is 5.11 Å². The number of pyridine rings is 1. The molecule has 4 aromatic rings. The molecule has 0 spiro atoms. The third-order valence-electron chi connectivity index (χ3n) is 4.63. The van der Waals surface area contributed by atoms with E-state index in [4.69, 9.17) is 11.6 Å². The second-order valence-corrected chi connectivity index (χ2v) is 6.73. The van der Waals surface area contributed by atoms with Crippen molar-refractivity contribution >= 4 is 28.6 Å². The van der Waals surface area contributed by atoms with Gasteiger partial charge >= 0.3 is 5.97 Å². The maximum atomic E-state index is 13.8. The molecule has 4 rings (SSSR count). The predicted octanol–water partition coefficient (Wildman–Crippen LogP) is 5.35. The molecule has 0 saturated carbocycles. The summed E-state index contributed by atoms with van der Waals surface area (Å²) < 4.78 is 13.8. The van der Waals surface area contributed by atoms with Gasteiger partial charge in [-0.2, -0.15) is 5.10 Å². The first-order valence-electron chi connectivity index (χ1n) is 8.65. The third-order valence-corrected chi connectivity index (χ3v) is 4.94. The predicted molar refractivity (Wildman–Crippen MR) is 106 cm³/mol. The molecule has 0 saturated heterocycles. The van der Waals surface area contributed by atoms with Crippen molar-refractivity contribution < 1.29 is 14.3 Å². The second-order valence-electron chi connectivity index (χ2n) is 6.32. The first-order chi connectivity index (χ1) is 13.5. The number of rotatable bonds is 4. The van der Waals surface area contributed by atoms with E-state index >= 15 is 0 Å². The van der Waals surface area contributed by atoms with E-state index in [1.165, 1.54) is 12.1 Å². The van der Waals surface area contributed by atoms with Crippen molar-refractivity contribution in [1.29, 1.82) is 0 Å². The van der Waals surface area contributed by atoms with Gasteiger partial charge in [-0.05, 0) is 48.4 Å². The minimum Gasteiger partial charge on any atom is -0.478 e. The van der Waals surface area contributed by atoms with E-state index in [0.717, 1.165) is 16.5 Å². The highest BCUT2D eigenvalue weighted by Crippen LogP contribution is 2.30. The van der Waals surface area contributed by atoms with Gasteiger partial charge in [0.1, 0.15) is 11.5 Å². The molecule has 0 aliphatic carbocycles. The lowest BCUT2D eigenvalue weighted by Gasteiger charge is -2.07. The molecule has 28 heavy (non-hydrogen) atoms. The average molecular weight is 396 g/mol. The number of carboxylic acids is 1. The number of aryl methyl sites for hydroxylation is 1. The van der Waals surface area contributed by atoms with E-state index < -0.39 is 11.8 Å². The number of fused-ring (bicyclic) bond motifs is 1. The van der Waals surface area contributed by atoms with E-state index in [0.29, 0.717) is 34.6 Å². The highest BCUT2D eigenvalue weighted by molar-refractivity contribution is 6.30. The Balaban J connectivity index is 1.77. The van der Waals surface area contributed by atoms with Gasteiger partial charge in [-0.15, -0.1) is 0 Å². The van der Waals surface area contributed by atoms with Crippen LogP contribution in [0, 0.1) is 5.82 Å². The maximum Gasteiger partial charge on any atom is 0.335 e. The Morgan fingerprint density at radius 3 is 2.64 bits per heavy atom. The molecule has 140 valence electrons. The Kier molecular flexibility index (Phi) is 4.57. The lowest BCUT2D eigenvalue weighted by Crippen LogP contribution is -2.02. The number of H-pyrrole nitrogens is 1. The van der Waals surface area contributed by atoms with Gasteiger partial charge in [0, 0.05) is 16.5 Å². The van der Waals surface area contributed by atoms with E-state index in [1.54, 1.807) is 18.2 Å². The van der Waals surface area contributed by atoms with E-state index in [9.17, 15) is 14.3 Å². The molecule has 0 aliphatic rings. The lowest BCUT2D eigenvalue weighted by atomic mass is 10.00. The smallest absolute Gasteiger partial charge is 0.335 e.